The van der Waals surface area contributed by atoms with Gasteiger partial charge in [0.25, 0.3) is 0 Å². The highest BCUT2D eigenvalue weighted by atomic mass is 16.6. The van der Waals surface area contributed by atoms with E-state index in [2.05, 4.69) is 0 Å². The van der Waals surface area contributed by atoms with E-state index in [1.54, 1.807) is 0 Å². The number of hydrogen-bond donors (Lipinski definition) is 1. The van der Waals surface area contributed by atoms with E-state index >= 15 is 0 Å². The standard InChI is InChI=1S/C10H16O3/c11-10(12)9-4-2-1-3-7(9)5-8-6-13-8/h7-9H,1-6H2,(H,11,12). The summed E-state index contributed by atoms with van der Waals surface area (Å²) in [6, 6.07) is 0. The molecule has 0 aromatic carbocycles. The predicted molar refractivity (Wildman–Crippen MR) is 47.4 cm³/mol. The fourth-order valence-electron chi connectivity index (χ4n) is 2.36. The van der Waals surface area contributed by atoms with Crippen molar-refractivity contribution in [3.63, 3.8) is 0 Å². The van der Waals surface area contributed by atoms with Crippen LogP contribution in [0.5, 0.6) is 0 Å². The third kappa shape index (κ3) is 2.21. The smallest absolute Gasteiger partial charge is 0.306 e. The number of carboxylic acids is 1. The van der Waals surface area contributed by atoms with E-state index in [9.17, 15) is 4.79 Å². The van der Waals surface area contributed by atoms with E-state index in [1.807, 2.05) is 0 Å². The molecule has 3 unspecified atom stereocenters. The number of carboxylic acid groups (broad SMARTS) is 1. The Morgan fingerprint density at radius 3 is 2.69 bits per heavy atom. The van der Waals surface area contributed by atoms with E-state index in [0.717, 1.165) is 32.3 Å². The summed E-state index contributed by atoms with van der Waals surface area (Å²) in [5.41, 5.74) is 0. The summed E-state index contributed by atoms with van der Waals surface area (Å²) in [7, 11) is 0. The number of aliphatic carboxylic acids is 1. The molecular formula is C10H16O3. The van der Waals surface area contributed by atoms with Crippen molar-refractivity contribution in [1.29, 1.82) is 0 Å². The summed E-state index contributed by atoms with van der Waals surface area (Å²) >= 11 is 0. The molecule has 1 saturated carbocycles. The second-order valence-corrected chi connectivity index (χ2v) is 4.18. The lowest BCUT2D eigenvalue weighted by Gasteiger charge is -2.27. The quantitative estimate of drug-likeness (QED) is 0.679. The molecule has 1 saturated heterocycles. The molecule has 1 aliphatic heterocycles. The van der Waals surface area contributed by atoms with E-state index < -0.39 is 5.97 Å². The Bertz CT molecular complexity index is 198. The van der Waals surface area contributed by atoms with Crippen LogP contribution in [0.1, 0.15) is 32.1 Å². The first-order valence-electron chi connectivity index (χ1n) is 5.12. The van der Waals surface area contributed by atoms with Gasteiger partial charge in [0.1, 0.15) is 0 Å². The lowest BCUT2D eigenvalue weighted by atomic mass is 9.77. The topological polar surface area (TPSA) is 49.8 Å². The van der Waals surface area contributed by atoms with Gasteiger partial charge < -0.3 is 9.84 Å². The van der Waals surface area contributed by atoms with Crippen LogP contribution >= 0.6 is 0 Å². The van der Waals surface area contributed by atoms with Gasteiger partial charge in [0.2, 0.25) is 0 Å². The van der Waals surface area contributed by atoms with Gasteiger partial charge in [-0.3, -0.25) is 4.79 Å². The van der Waals surface area contributed by atoms with Gasteiger partial charge in [-0.2, -0.15) is 0 Å². The molecule has 3 nitrogen and oxygen atoms in total. The summed E-state index contributed by atoms with van der Waals surface area (Å²) in [6.45, 7) is 0.850. The third-order valence-corrected chi connectivity index (χ3v) is 3.19. The molecule has 0 aromatic rings. The molecule has 0 radical (unpaired) electrons. The van der Waals surface area contributed by atoms with Crippen LogP contribution < -0.4 is 0 Å². The summed E-state index contributed by atoms with van der Waals surface area (Å²) in [6.07, 6.45) is 5.57. The maximum Gasteiger partial charge on any atom is 0.306 e. The molecule has 13 heavy (non-hydrogen) atoms. The van der Waals surface area contributed by atoms with Gasteiger partial charge in [-0.25, -0.2) is 0 Å². The molecule has 0 amide bonds. The van der Waals surface area contributed by atoms with Gasteiger partial charge in [0, 0.05) is 0 Å². The summed E-state index contributed by atoms with van der Waals surface area (Å²) in [4.78, 5) is 10.9. The van der Waals surface area contributed by atoms with Crippen molar-refractivity contribution in [3.8, 4) is 0 Å². The largest absolute Gasteiger partial charge is 0.481 e. The van der Waals surface area contributed by atoms with Crippen LogP contribution in [0.15, 0.2) is 0 Å². The average molecular weight is 184 g/mol. The molecule has 0 aromatic heterocycles. The van der Waals surface area contributed by atoms with Gasteiger partial charge in [-0.15, -0.1) is 0 Å². The van der Waals surface area contributed by atoms with Gasteiger partial charge in [0.05, 0.1) is 18.6 Å². The minimum atomic E-state index is -0.606. The first-order valence-corrected chi connectivity index (χ1v) is 5.12. The van der Waals surface area contributed by atoms with Gasteiger partial charge in [-0.05, 0) is 25.2 Å². The first kappa shape index (κ1) is 9.00. The molecule has 2 rings (SSSR count). The SMILES string of the molecule is O=C(O)C1CCCCC1CC1CO1. The van der Waals surface area contributed by atoms with Crippen LogP contribution in [-0.4, -0.2) is 23.8 Å². The number of carbonyl (C=O) groups is 1. The zero-order chi connectivity index (χ0) is 9.26. The molecule has 3 heteroatoms. The fraction of sp³-hybridized carbons (Fsp3) is 0.900. The van der Waals surface area contributed by atoms with E-state index in [1.165, 1.54) is 6.42 Å². The maximum absolute atomic E-state index is 10.9. The van der Waals surface area contributed by atoms with Crippen molar-refractivity contribution in [1.82, 2.24) is 0 Å². The summed E-state index contributed by atoms with van der Waals surface area (Å²) < 4.78 is 5.15. The highest BCUT2D eigenvalue weighted by Crippen LogP contribution is 2.35. The molecule has 1 heterocycles. The molecule has 74 valence electrons. The Kier molecular flexibility index (Phi) is 2.54. The highest BCUT2D eigenvalue weighted by molar-refractivity contribution is 5.70. The van der Waals surface area contributed by atoms with E-state index in [-0.39, 0.29) is 5.92 Å². The molecule has 2 aliphatic rings. The minimum absolute atomic E-state index is 0.0991. The molecule has 0 bridgehead atoms. The van der Waals surface area contributed by atoms with Gasteiger partial charge >= 0.3 is 5.97 Å². The van der Waals surface area contributed by atoms with Crippen LogP contribution in [0.25, 0.3) is 0 Å². The van der Waals surface area contributed by atoms with Crippen LogP contribution in [0.3, 0.4) is 0 Å². The van der Waals surface area contributed by atoms with Crippen LogP contribution in [0.2, 0.25) is 0 Å². The fourth-order valence-corrected chi connectivity index (χ4v) is 2.36. The zero-order valence-electron chi connectivity index (χ0n) is 7.74. The predicted octanol–water partition coefficient (Wildman–Crippen LogP) is 1.67. The third-order valence-electron chi connectivity index (χ3n) is 3.19. The Morgan fingerprint density at radius 2 is 2.08 bits per heavy atom. The second kappa shape index (κ2) is 3.66. The number of ether oxygens (including phenoxy) is 1. The molecule has 2 fully saturated rings. The van der Waals surface area contributed by atoms with Crippen molar-refractivity contribution in [3.05, 3.63) is 0 Å². The molecule has 0 spiro atoms. The number of epoxide rings is 1. The monoisotopic (exact) mass is 184 g/mol. The highest BCUT2D eigenvalue weighted by Gasteiger charge is 2.35. The Morgan fingerprint density at radius 1 is 1.38 bits per heavy atom. The molecule has 1 aliphatic carbocycles. The maximum atomic E-state index is 10.9. The normalized spacial score (nSPS) is 38.6. The second-order valence-electron chi connectivity index (χ2n) is 4.18. The zero-order valence-corrected chi connectivity index (χ0v) is 7.74. The van der Waals surface area contributed by atoms with Gasteiger partial charge in [-0.1, -0.05) is 12.8 Å². The minimum Gasteiger partial charge on any atom is -0.481 e. The van der Waals surface area contributed by atoms with Crippen LogP contribution in [-0.2, 0) is 9.53 Å². The van der Waals surface area contributed by atoms with Crippen LogP contribution in [0, 0.1) is 11.8 Å². The van der Waals surface area contributed by atoms with Crippen LogP contribution in [0.4, 0.5) is 0 Å². The average Bonchev–Trinajstić information content (AvgIpc) is 2.89. The summed E-state index contributed by atoms with van der Waals surface area (Å²) in [5.74, 6) is -0.331. The Labute approximate surface area is 78.1 Å². The number of hydrogen-bond acceptors (Lipinski definition) is 2. The van der Waals surface area contributed by atoms with E-state index in [4.69, 9.17) is 9.84 Å². The van der Waals surface area contributed by atoms with E-state index in [0.29, 0.717) is 12.0 Å². The molecule has 3 atom stereocenters. The van der Waals surface area contributed by atoms with Crippen molar-refractivity contribution in [2.45, 2.75) is 38.2 Å². The summed E-state index contributed by atoms with van der Waals surface area (Å²) in [5, 5.41) is 9.00. The van der Waals surface area contributed by atoms with Gasteiger partial charge in [0.15, 0.2) is 0 Å². The van der Waals surface area contributed by atoms with Crippen molar-refractivity contribution in [2.24, 2.45) is 11.8 Å². The number of rotatable bonds is 3. The lowest BCUT2D eigenvalue weighted by Crippen LogP contribution is -2.27. The Balaban J connectivity index is 1.90. The Hall–Kier alpha value is -0.570. The molecule has 1 N–H and O–H groups in total. The lowest BCUT2D eigenvalue weighted by molar-refractivity contribution is -0.145. The first-order chi connectivity index (χ1) is 6.27. The van der Waals surface area contributed by atoms with Crippen molar-refractivity contribution in [2.75, 3.05) is 6.61 Å². The van der Waals surface area contributed by atoms with Crippen molar-refractivity contribution < 1.29 is 14.6 Å². The molecular weight excluding hydrogens is 168 g/mol. The van der Waals surface area contributed by atoms with Crippen molar-refractivity contribution >= 4 is 5.97 Å².